The van der Waals surface area contributed by atoms with Crippen molar-refractivity contribution in [3.8, 4) is 0 Å². The Kier molecular flexibility index (Phi) is 3.84. The number of aliphatic hydroxyl groups excluding tert-OH is 1. The van der Waals surface area contributed by atoms with E-state index in [2.05, 4.69) is 25.7 Å². The first kappa shape index (κ1) is 13.4. The number of aliphatic hydroxyl groups is 1. The fraction of sp³-hybridized carbons (Fsp3) is 1.00. The van der Waals surface area contributed by atoms with Crippen LogP contribution in [0.15, 0.2) is 0 Å². The molecule has 0 aromatic rings. The van der Waals surface area contributed by atoms with Crippen LogP contribution >= 0.6 is 0 Å². The zero-order valence-corrected chi connectivity index (χ0v) is 11.8. The first-order valence-corrected chi connectivity index (χ1v) is 7.33. The lowest BCUT2D eigenvalue weighted by Gasteiger charge is -2.44. The lowest BCUT2D eigenvalue weighted by Crippen LogP contribution is -2.48. The zero-order chi connectivity index (χ0) is 12.5. The van der Waals surface area contributed by atoms with Crippen LogP contribution in [0.5, 0.6) is 0 Å². The molecule has 0 bridgehead atoms. The molecule has 17 heavy (non-hydrogen) atoms. The summed E-state index contributed by atoms with van der Waals surface area (Å²) in [6, 6.07) is 0. The zero-order valence-electron chi connectivity index (χ0n) is 11.8. The number of rotatable bonds is 3. The summed E-state index contributed by atoms with van der Waals surface area (Å²) in [5.74, 6) is 0.862. The molecule has 0 aromatic carbocycles. The maximum atomic E-state index is 9.83. The van der Waals surface area contributed by atoms with Crippen molar-refractivity contribution >= 4 is 0 Å². The van der Waals surface area contributed by atoms with Gasteiger partial charge in [-0.05, 0) is 52.0 Å². The second-order valence-corrected chi connectivity index (χ2v) is 7.18. The van der Waals surface area contributed by atoms with E-state index in [0.717, 1.165) is 12.5 Å². The van der Waals surface area contributed by atoms with Crippen LogP contribution in [-0.2, 0) is 0 Å². The van der Waals surface area contributed by atoms with Gasteiger partial charge in [0, 0.05) is 24.1 Å². The molecule has 2 aliphatic rings. The highest BCUT2D eigenvalue weighted by atomic mass is 16.3. The summed E-state index contributed by atoms with van der Waals surface area (Å²) in [6.45, 7) is 9.79. The molecule has 2 nitrogen and oxygen atoms in total. The molecule has 0 unspecified atom stereocenters. The molecular weight excluding hydrogens is 210 g/mol. The average molecular weight is 239 g/mol. The second kappa shape index (κ2) is 4.89. The van der Waals surface area contributed by atoms with Gasteiger partial charge in [-0.15, -0.1) is 0 Å². The van der Waals surface area contributed by atoms with E-state index in [4.69, 9.17) is 0 Å². The summed E-state index contributed by atoms with van der Waals surface area (Å²) in [7, 11) is 0. The highest BCUT2D eigenvalue weighted by Gasteiger charge is 2.40. The monoisotopic (exact) mass is 239 g/mol. The van der Waals surface area contributed by atoms with Gasteiger partial charge in [-0.2, -0.15) is 0 Å². The smallest absolute Gasteiger partial charge is 0.0499 e. The molecule has 1 N–H and O–H groups in total. The molecule has 0 amide bonds. The molecule has 1 aliphatic carbocycles. The van der Waals surface area contributed by atoms with E-state index in [1.54, 1.807) is 0 Å². The number of hydrogen-bond donors (Lipinski definition) is 1. The minimum atomic E-state index is 0.203. The lowest BCUT2D eigenvalue weighted by atomic mass is 9.70. The van der Waals surface area contributed by atoms with Gasteiger partial charge in [0.2, 0.25) is 0 Å². The summed E-state index contributed by atoms with van der Waals surface area (Å²) >= 11 is 0. The quantitative estimate of drug-likeness (QED) is 0.818. The first-order chi connectivity index (χ1) is 7.97. The Bertz CT molecular complexity index is 254. The van der Waals surface area contributed by atoms with Crippen molar-refractivity contribution in [1.82, 2.24) is 4.90 Å². The molecule has 0 radical (unpaired) electrons. The maximum absolute atomic E-state index is 9.83. The van der Waals surface area contributed by atoms with E-state index in [0.29, 0.717) is 12.1 Å². The van der Waals surface area contributed by atoms with E-state index < -0.39 is 0 Å². The number of likely N-dealkylation sites (tertiary alicyclic amines) is 1. The van der Waals surface area contributed by atoms with Crippen molar-refractivity contribution in [2.45, 2.75) is 64.8 Å². The highest BCUT2D eigenvalue weighted by molar-refractivity contribution is 4.94. The molecule has 1 saturated carbocycles. The highest BCUT2D eigenvalue weighted by Crippen LogP contribution is 2.41. The van der Waals surface area contributed by atoms with Crippen molar-refractivity contribution in [3.05, 3.63) is 0 Å². The Morgan fingerprint density at radius 3 is 2.29 bits per heavy atom. The second-order valence-electron chi connectivity index (χ2n) is 7.18. The number of nitrogens with zero attached hydrogens (tertiary/aromatic N) is 1. The van der Waals surface area contributed by atoms with Crippen LogP contribution in [0, 0.1) is 11.3 Å². The summed E-state index contributed by atoms with van der Waals surface area (Å²) in [5.41, 5.74) is 0.555. The van der Waals surface area contributed by atoms with Crippen LogP contribution < -0.4 is 0 Å². The minimum Gasteiger partial charge on any atom is -0.396 e. The fourth-order valence-electron chi connectivity index (χ4n) is 3.60. The van der Waals surface area contributed by atoms with Gasteiger partial charge in [0.1, 0.15) is 0 Å². The van der Waals surface area contributed by atoms with Crippen molar-refractivity contribution < 1.29 is 5.11 Å². The van der Waals surface area contributed by atoms with E-state index >= 15 is 0 Å². The van der Waals surface area contributed by atoms with E-state index in [9.17, 15) is 5.11 Å². The molecule has 1 aliphatic heterocycles. The predicted octanol–water partition coefficient (Wildman–Crippen LogP) is 3.05. The molecule has 2 rings (SSSR count). The first-order valence-electron chi connectivity index (χ1n) is 7.33. The molecule has 1 saturated heterocycles. The van der Waals surface area contributed by atoms with Gasteiger partial charge in [0.05, 0.1) is 0 Å². The predicted molar refractivity (Wildman–Crippen MR) is 72.0 cm³/mol. The SMILES string of the molecule is CC1CCC(CO)(CN2CCCC2(C)C)CC1. The standard InChI is InChI=1S/C15H29NO/c1-13-5-8-15(12-17,9-6-13)11-16-10-4-7-14(16,2)3/h13,17H,4-12H2,1-3H3. The normalized spacial score (nSPS) is 38.5. The Morgan fingerprint density at radius 1 is 1.18 bits per heavy atom. The summed E-state index contributed by atoms with van der Waals surface area (Å²) < 4.78 is 0. The van der Waals surface area contributed by atoms with Gasteiger partial charge in [0.15, 0.2) is 0 Å². The largest absolute Gasteiger partial charge is 0.396 e. The van der Waals surface area contributed by atoms with Crippen molar-refractivity contribution in [2.75, 3.05) is 19.7 Å². The number of hydrogen-bond acceptors (Lipinski definition) is 2. The molecular formula is C15H29NO. The fourth-order valence-corrected chi connectivity index (χ4v) is 3.60. The Hall–Kier alpha value is -0.0800. The van der Waals surface area contributed by atoms with Crippen LogP contribution in [0.25, 0.3) is 0 Å². The third-order valence-electron chi connectivity index (χ3n) is 5.27. The lowest BCUT2D eigenvalue weighted by molar-refractivity contribution is 0.0109. The van der Waals surface area contributed by atoms with Gasteiger partial charge >= 0.3 is 0 Å². The molecule has 0 spiro atoms. The topological polar surface area (TPSA) is 23.5 Å². The van der Waals surface area contributed by atoms with E-state index in [1.165, 1.54) is 45.1 Å². The summed E-state index contributed by atoms with van der Waals surface area (Å²) in [6.07, 6.45) is 7.67. The van der Waals surface area contributed by atoms with Gasteiger partial charge < -0.3 is 5.11 Å². The third kappa shape index (κ3) is 2.85. The molecule has 0 atom stereocenters. The molecule has 1 heterocycles. The Labute approximate surface area is 106 Å². The molecule has 2 heteroatoms. The summed E-state index contributed by atoms with van der Waals surface area (Å²) in [4.78, 5) is 2.62. The van der Waals surface area contributed by atoms with Gasteiger partial charge in [-0.1, -0.05) is 19.8 Å². The molecule has 100 valence electrons. The Morgan fingerprint density at radius 2 is 1.82 bits per heavy atom. The van der Waals surface area contributed by atoms with Crippen LogP contribution in [-0.4, -0.2) is 35.2 Å². The van der Waals surface area contributed by atoms with Crippen molar-refractivity contribution in [2.24, 2.45) is 11.3 Å². The van der Waals surface area contributed by atoms with Gasteiger partial charge in [-0.3, -0.25) is 4.90 Å². The maximum Gasteiger partial charge on any atom is 0.0499 e. The van der Waals surface area contributed by atoms with Gasteiger partial charge in [-0.25, -0.2) is 0 Å². The van der Waals surface area contributed by atoms with Gasteiger partial charge in [0.25, 0.3) is 0 Å². The Balaban J connectivity index is 2.00. The van der Waals surface area contributed by atoms with Crippen LogP contribution in [0.3, 0.4) is 0 Å². The van der Waals surface area contributed by atoms with E-state index in [-0.39, 0.29) is 5.41 Å². The molecule has 0 aromatic heterocycles. The molecule has 2 fully saturated rings. The van der Waals surface area contributed by atoms with Crippen LogP contribution in [0.2, 0.25) is 0 Å². The third-order valence-corrected chi connectivity index (χ3v) is 5.27. The minimum absolute atomic E-state index is 0.203. The summed E-state index contributed by atoms with van der Waals surface area (Å²) in [5, 5.41) is 9.83. The van der Waals surface area contributed by atoms with Crippen LogP contribution in [0.4, 0.5) is 0 Å². The van der Waals surface area contributed by atoms with Crippen molar-refractivity contribution in [3.63, 3.8) is 0 Å². The van der Waals surface area contributed by atoms with Crippen molar-refractivity contribution in [1.29, 1.82) is 0 Å². The average Bonchev–Trinajstić information content (AvgIpc) is 2.62. The van der Waals surface area contributed by atoms with E-state index in [1.807, 2.05) is 0 Å². The van der Waals surface area contributed by atoms with Crippen LogP contribution in [0.1, 0.15) is 59.3 Å².